The fraction of sp³-hybridized carbons (Fsp3) is 0.303. The van der Waals surface area contributed by atoms with E-state index in [1.807, 2.05) is 110 Å². The average molecular weight is 1670 g/mol. The number of methoxy groups -OCH3 is 2. The zero-order valence-corrected chi connectivity index (χ0v) is 65.8. The second kappa shape index (κ2) is 30.0. The number of fused-ring (bicyclic) bond motifs is 4. The van der Waals surface area contributed by atoms with Crippen LogP contribution in [0.2, 0.25) is 0 Å². The number of amides is 6. The van der Waals surface area contributed by atoms with Crippen molar-refractivity contribution >= 4 is 152 Å². The van der Waals surface area contributed by atoms with Gasteiger partial charge >= 0.3 is 35.3 Å². The molecule has 10 aromatic carbocycles. The number of pyridine rings is 2. The second-order valence-corrected chi connectivity index (χ2v) is 31.4. The van der Waals surface area contributed by atoms with Gasteiger partial charge in [-0.3, -0.25) is 63.0 Å². The topological polar surface area (TPSA) is 209 Å². The van der Waals surface area contributed by atoms with Crippen molar-refractivity contribution in [1.29, 1.82) is 0 Å². The van der Waals surface area contributed by atoms with Crippen molar-refractivity contribution in [2.24, 2.45) is 11.8 Å². The Bertz CT molecular complexity index is 5650. The molecule has 0 bridgehead atoms. The molecule has 16 rings (SSSR count). The predicted molar refractivity (Wildman–Crippen MR) is 422 cm³/mol. The first kappa shape index (κ1) is 74.2. The van der Waals surface area contributed by atoms with Crippen LogP contribution in [0.1, 0.15) is 212 Å². The summed E-state index contributed by atoms with van der Waals surface area (Å²) >= 11 is -0.472. The maximum atomic E-state index is 15.1. The van der Waals surface area contributed by atoms with E-state index in [9.17, 15) is 28.8 Å². The Morgan fingerprint density at radius 1 is 0.367 bits per heavy atom. The molecule has 0 N–H and O–H groups in total. The van der Waals surface area contributed by atoms with Gasteiger partial charge in [0.05, 0.1) is 36.1 Å². The van der Waals surface area contributed by atoms with Gasteiger partial charge in [-0.25, -0.2) is 0 Å². The Labute approximate surface area is 646 Å². The molecule has 0 saturated carbocycles. The molecule has 4 aliphatic rings. The zero-order valence-electron chi connectivity index (χ0n) is 62.0. The molecule has 20 heteroatoms. The number of hydrogen-bond acceptors (Lipinski definition) is 14. The molecule has 12 aromatic rings. The summed E-state index contributed by atoms with van der Waals surface area (Å²) in [5, 5.41) is 9.83. The molecule has 0 radical (unpaired) electrons. The van der Waals surface area contributed by atoms with Crippen molar-refractivity contribution in [2.75, 3.05) is 40.6 Å². The van der Waals surface area contributed by atoms with Crippen molar-refractivity contribution in [3.63, 3.8) is 0 Å². The van der Waals surface area contributed by atoms with Crippen LogP contribution >= 0.6 is 18.8 Å². The molecule has 1 aliphatic carbocycles. The van der Waals surface area contributed by atoms with Gasteiger partial charge in [0.1, 0.15) is 24.7 Å². The van der Waals surface area contributed by atoms with Gasteiger partial charge in [-0.1, -0.05) is 122 Å². The van der Waals surface area contributed by atoms with E-state index >= 15 is 9.59 Å². The number of imide groups is 3. The van der Waals surface area contributed by atoms with Crippen LogP contribution in [0.15, 0.2) is 109 Å². The van der Waals surface area contributed by atoms with Crippen LogP contribution in [0.3, 0.4) is 0 Å². The Kier molecular flexibility index (Phi) is 20.4. The Balaban J connectivity index is 0.00000310. The monoisotopic (exact) mass is 1670 g/mol. The van der Waals surface area contributed by atoms with Gasteiger partial charge < -0.3 is 18.9 Å². The van der Waals surface area contributed by atoms with Crippen LogP contribution in [0.25, 0.3) is 97.6 Å². The van der Waals surface area contributed by atoms with Gasteiger partial charge in [0, 0.05) is 171 Å². The molecule has 554 valence electrons. The number of carbonyl (C=O) groups excluding carboxylic acids is 8. The minimum atomic E-state index is -0.857. The van der Waals surface area contributed by atoms with Crippen LogP contribution < -0.4 is 9.47 Å². The third-order valence-corrected chi connectivity index (χ3v) is 22.9. The first-order valence-corrected chi connectivity index (χ1v) is 42.9. The summed E-state index contributed by atoms with van der Waals surface area (Å²) in [6, 6.07) is 28.1. The SMILES string of the molecule is CCC(CC)C1C(=O)c2ccc3c4c(C#Cc5ccc(-c6ccc(C#Cc7cc8c9c(ccc%10c%11c(OCCOC)cc%12c%13c(ccc(c7c9%10)c%13%11)C(=O)N(C(CC)CC)C%12=O)C(=O)N(C(CC)CC)C8=O)cn6)nc5)cc5c6c(ccc(c7c(OCCOC)cc(c2c37)C1=O)c64)C(=O)N(C(CC)CC)C5=O.[Cl][Pt][Cl]. The Morgan fingerprint density at radius 3 is 1.04 bits per heavy atom. The minimum absolute atomic E-state index is 0.148. The van der Waals surface area contributed by atoms with Crippen LogP contribution in [0.4, 0.5) is 0 Å². The van der Waals surface area contributed by atoms with E-state index in [1.165, 1.54) is 14.7 Å². The fourth-order valence-electron chi connectivity index (χ4n) is 17.6. The van der Waals surface area contributed by atoms with Crippen molar-refractivity contribution in [3.8, 4) is 46.6 Å². The molecule has 0 fully saturated rings. The van der Waals surface area contributed by atoms with Crippen LogP contribution in [0.5, 0.6) is 11.5 Å². The molecule has 109 heavy (non-hydrogen) atoms. The van der Waals surface area contributed by atoms with Crippen molar-refractivity contribution in [1.82, 2.24) is 24.7 Å². The molecule has 17 nitrogen and oxygen atoms in total. The molecule has 6 amide bonds. The van der Waals surface area contributed by atoms with Crippen LogP contribution in [0, 0.1) is 35.5 Å². The summed E-state index contributed by atoms with van der Waals surface area (Å²) in [5.74, 6) is 10.6. The van der Waals surface area contributed by atoms with Crippen LogP contribution in [-0.2, 0) is 26.0 Å². The van der Waals surface area contributed by atoms with Gasteiger partial charge in [-0.15, -0.1) is 0 Å². The number of carbonyl (C=O) groups is 8. The van der Waals surface area contributed by atoms with Crippen molar-refractivity contribution < 1.29 is 73.8 Å². The summed E-state index contributed by atoms with van der Waals surface area (Å²) in [4.78, 5) is 133. The zero-order chi connectivity index (χ0) is 76.7. The molecule has 1 unspecified atom stereocenters. The maximum absolute atomic E-state index is 15.1. The standard InChI is InChI=1S/C89H77N5O12.2ClH.Pt/c1-11-47(12-2)71-82(95)57-29-25-53-69-48(39-62-73-58(84(97)92(87(62)100)50(13-3)14-4)31-27-55(78(69)73)76-67(105-37-35-103-9)41-61(83(71)96)72(57)80(53)76)23-19-45-21-33-65(90-43-45)66-34-22-46(44-91-66)20-24-49-40-63-74-59(85(98)93(88(63)101)51(15-5)16-6)32-28-56-77-68(106-38-36-104-10)42-64-75-60(30-26-54(81(75)77)70(49)79(56)74)86(99)94(89(64)102)52(17-7)18-8;;;/h21-22,25-34,39-44,47,50-52,71H,11-18,35-38H2,1-10H3;2*1H;/q;;;+2/p-2. The normalized spacial score (nSPS) is 14.8. The number of hydrogen-bond donors (Lipinski definition) is 0. The van der Waals surface area contributed by atoms with Gasteiger partial charge in [-0.05, 0) is 133 Å². The number of ketones is 2. The van der Waals surface area contributed by atoms with Crippen LogP contribution in [-0.4, -0.2) is 130 Å². The third-order valence-electron chi connectivity index (χ3n) is 22.9. The van der Waals surface area contributed by atoms with Crippen molar-refractivity contribution in [3.05, 3.63) is 176 Å². The molecule has 1 atom stereocenters. The molecular weight excluding hydrogens is 1600 g/mol. The quantitative estimate of drug-likeness (QED) is 0.0164. The molecular formula is C89H77Cl2N5O12Pt. The third kappa shape index (κ3) is 11.6. The number of halogens is 2. The number of nitrogens with zero attached hydrogens (tertiary/aromatic N) is 5. The van der Waals surface area contributed by atoms with E-state index in [4.69, 9.17) is 47.8 Å². The van der Waals surface area contributed by atoms with E-state index in [0.717, 1.165) is 0 Å². The van der Waals surface area contributed by atoms with E-state index in [1.54, 1.807) is 69.1 Å². The molecule has 0 spiro atoms. The van der Waals surface area contributed by atoms with Crippen molar-refractivity contribution in [2.45, 2.75) is 125 Å². The number of Topliss-reactive ketones (excluding diaryl/α,β-unsaturated/α-hetero) is 2. The second-order valence-electron chi connectivity index (χ2n) is 28.2. The summed E-state index contributed by atoms with van der Waals surface area (Å²) in [6.07, 6.45) is 8.00. The summed E-state index contributed by atoms with van der Waals surface area (Å²) in [7, 11) is 12.9. The number of aromatic nitrogens is 2. The first-order valence-electron chi connectivity index (χ1n) is 37.3. The van der Waals surface area contributed by atoms with E-state index in [0.29, 0.717) is 227 Å². The van der Waals surface area contributed by atoms with Gasteiger partial charge in [-0.2, -0.15) is 0 Å². The predicted octanol–water partition coefficient (Wildman–Crippen LogP) is 18.3. The molecule has 3 aliphatic heterocycles. The number of rotatable bonds is 21. The fourth-order valence-corrected chi connectivity index (χ4v) is 17.6. The van der Waals surface area contributed by atoms with Gasteiger partial charge in [0.15, 0.2) is 11.6 Å². The number of ether oxygens (including phenoxy) is 4. The van der Waals surface area contributed by atoms with E-state index < -0.39 is 40.1 Å². The summed E-state index contributed by atoms with van der Waals surface area (Å²) < 4.78 is 24.1. The van der Waals surface area contributed by atoms with E-state index in [-0.39, 0.29) is 79.8 Å². The molecule has 0 saturated heterocycles. The Morgan fingerprint density at radius 2 is 0.688 bits per heavy atom. The number of benzene rings is 10. The summed E-state index contributed by atoms with van der Waals surface area (Å²) in [6.45, 7) is 16.6. The summed E-state index contributed by atoms with van der Waals surface area (Å²) in [5.41, 5.74) is 6.17. The molecule has 2 aromatic heterocycles. The van der Waals surface area contributed by atoms with Gasteiger partial charge in [0.2, 0.25) is 0 Å². The Hall–Kier alpha value is -10.2. The first-order chi connectivity index (χ1) is 53.0. The average Bonchev–Trinajstić information content (AvgIpc) is 0.687. The molecule has 5 heterocycles. The van der Waals surface area contributed by atoms with E-state index in [2.05, 4.69) is 23.7 Å². The van der Waals surface area contributed by atoms with Gasteiger partial charge in [0.25, 0.3) is 35.4 Å².